The number of aryl methyl sites for hydroxylation is 1. The van der Waals surface area contributed by atoms with Crippen LogP contribution in [0.4, 0.5) is 0 Å². The molecule has 2 N–H and O–H groups in total. The minimum atomic E-state index is -0.187. The monoisotopic (exact) mass is 262 g/mol. The fourth-order valence-electron chi connectivity index (χ4n) is 2.56. The van der Waals surface area contributed by atoms with Crippen molar-refractivity contribution >= 4 is 10.8 Å². The van der Waals surface area contributed by atoms with Gasteiger partial charge in [-0.25, -0.2) is 0 Å². The van der Waals surface area contributed by atoms with Crippen LogP contribution in [0, 0.1) is 0 Å². The fraction of sp³-hybridized carbons (Fsp3) is 0.167. The van der Waals surface area contributed by atoms with Crippen LogP contribution in [0.2, 0.25) is 0 Å². The second kappa shape index (κ2) is 5.43. The molecule has 0 radical (unpaired) electrons. The Labute approximate surface area is 119 Å². The SMILES string of the molecule is CCc1cccc(C(N)c2nccc3ccccc23)c1. The normalized spacial score (nSPS) is 12.5. The molecule has 0 aliphatic heterocycles. The third kappa shape index (κ3) is 2.30. The van der Waals surface area contributed by atoms with E-state index in [1.165, 1.54) is 10.9 Å². The Balaban J connectivity index is 2.10. The van der Waals surface area contributed by atoms with E-state index >= 15 is 0 Å². The van der Waals surface area contributed by atoms with Gasteiger partial charge in [-0.1, -0.05) is 55.5 Å². The molecule has 1 atom stereocenters. The molecule has 0 aliphatic carbocycles. The lowest BCUT2D eigenvalue weighted by Gasteiger charge is -2.15. The third-order valence-electron chi connectivity index (χ3n) is 3.72. The number of pyridine rings is 1. The number of aromatic nitrogens is 1. The van der Waals surface area contributed by atoms with Crippen molar-refractivity contribution in [3.8, 4) is 0 Å². The van der Waals surface area contributed by atoms with Crippen LogP contribution in [0.3, 0.4) is 0 Å². The average molecular weight is 262 g/mol. The zero-order chi connectivity index (χ0) is 13.9. The summed E-state index contributed by atoms with van der Waals surface area (Å²) < 4.78 is 0. The fourth-order valence-corrected chi connectivity index (χ4v) is 2.56. The molecule has 2 aromatic carbocycles. The molecule has 1 unspecified atom stereocenters. The first-order valence-corrected chi connectivity index (χ1v) is 6.97. The van der Waals surface area contributed by atoms with Gasteiger partial charge in [-0.2, -0.15) is 0 Å². The summed E-state index contributed by atoms with van der Waals surface area (Å²) >= 11 is 0. The molecule has 0 fully saturated rings. The van der Waals surface area contributed by atoms with Crippen molar-refractivity contribution < 1.29 is 0 Å². The lowest BCUT2D eigenvalue weighted by Crippen LogP contribution is -2.14. The number of hydrogen-bond donors (Lipinski definition) is 1. The van der Waals surface area contributed by atoms with E-state index in [9.17, 15) is 0 Å². The topological polar surface area (TPSA) is 38.9 Å². The highest BCUT2D eigenvalue weighted by molar-refractivity contribution is 5.85. The summed E-state index contributed by atoms with van der Waals surface area (Å²) in [6.07, 6.45) is 2.85. The van der Waals surface area contributed by atoms with Crippen molar-refractivity contribution in [3.05, 3.63) is 77.6 Å². The van der Waals surface area contributed by atoms with E-state index in [0.717, 1.165) is 23.1 Å². The van der Waals surface area contributed by atoms with Gasteiger partial charge in [-0.05, 0) is 29.0 Å². The number of hydrogen-bond acceptors (Lipinski definition) is 2. The second-order valence-corrected chi connectivity index (χ2v) is 4.99. The summed E-state index contributed by atoms with van der Waals surface area (Å²) in [4.78, 5) is 4.51. The highest BCUT2D eigenvalue weighted by Crippen LogP contribution is 2.25. The molecule has 1 heterocycles. The van der Waals surface area contributed by atoms with Gasteiger partial charge < -0.3 is 5.73 Å². The van der Waals surface area contributed by atoms with E-state index < -0.39 is 0 Å². The number of benzene rings is 2. The minimum Gasteiger partial charge on any atom is -0.319 e. The number of rotatable bonds is 3. The van der Waals surface area contributed by atoms with Crippen LogP contribution < -0.4 is 5.73 Å². The molecule has 1 aromatic heterocycles. The second-order valence-electron chi connectivity index (χ2n) is 4.99. The summed E-state index contributed by atoms with van der Waals surface area (Å²) in [5.74, 6) is 0. The Morgan fingerprint density at radius 3 is 2.75 bits per heavy atom. The summed E-state index contributed by atoms with van der Waals surface area (Å²) in [7, 11) is 0. The van der Waals surface area contributed by atoms with Gasteiger partial charge in [0.15, 0.2) is 0 Å². The van der Waals surface area contributed by atoms with Gasteiger partial charge in [0, 0.05) is 11.6 Å². The summed E-state index contributed by atoms with van der Waals surface area (Å²) in [6.45, 7) is 2.15. The molecule has 0 bridgehead atoms. The van der Waals surface area contributed by atoms with E-state index in [2.05, 4.69) is 48.3 Å². The molecule has 2 heteroatoms. The maximum absolute atomic E-state index is 6.44. The Bertz CT molecular complexity index is 729. The van der Waals surface area contributed by atoms with E-state index in [-0.39, 0.29) is 6.04 Å². The van der Waals surface area contributed by atoms with Crippen molar-refractivity contribution in [2.45, 2.75) is 19.4 Å². The van der Waals surface area contributed by atoms with E-state index in [4.69, 9.17) is 5.73 Å². The molecule has 0 saturated heterocycles. The first-order valence-electron chi connectivity index (χ1n) is 6.97. The molecule has 2 nitrogen and oxygen atoms in total. The van der Waals surface area contributed by atoms with E-state index in [0.29, 0.717) is 0 Å². The Kier molecular flexibility index (Phi) is 3.48. The van der Waals surface area contributed by atoms with Crippen molar-refractivity contribution in [2.24, 2.45) is 5.73 Å². The largest absolute Gasteiger partial charge is 0.319 e. The molecular formula is C18H18N2. The van der Waals surface area contributed by atoms with Gasteiger partial charge in [-0.3, -0.25) is 4.98 Å². The van der Waals surface area contributed by atoms with Gasteiger partial charge in [-0.15, -0.1) is 0 Å². The molecule has 20 heavy (non-hydrogen) atoms. The molecule has 0 aliphatic rings. The van der Waals surface area contributed by atoms with Crippen molar-refractivity contribution in [1.82, 2.24) is 4.98 Å². The molecule has 0 amide bonds. The van der Waals surface area contributed by atoms with Crippen molar-refractivity contribution in [2.75, 3.05) is 0 Å². The molecule has 3 aromatic rings. The van der Waals surface area contributed by atoms with Crippen molar-refractivity contribution in [1.29, 1.82) is 0 Å². The number of nitrogens with two attached hydrogens (primary N) is 1. The zero-order valence-corrected chi connectivity index (χ0v) is 11.6. The Morgan fingerprint density at radius 2 is 1.90 bits per heavy atom. The summed E-state index contributed by atoms with van der Waals surface area (Å²) in [5.41, 5.74) is 9.81. The van der Waals surface area contributed by atoms with Crippen LogP contribution in [0.15, 0.2) is 60.8 Å². The molecular weight excluding hydrogens is 244 g/mol. The number of nitrogens with zero attached hydrogens (tertiary/aromatic N) is 1. The Hall–Kier alpha value is -2.19. The standard InChI is InChI=1S/C18H18N2/c1-2-13-6-5-8-15(12-13)17(19)18-16-9-4-3-7-14(16)10-11-20-18/h3-12,17H,2,19H2,1H3. The maximum Gasteiger partial charge on any atom is 0.0732 e. The molecule has 0 saturated carbocycles. The van der Waals surface area contributed by atoms with Crippen LogP contribution in [0.25, 0.3) is 10.8 Å². The highest BCUT2D eigenvalue weighted by Gasteiger charge is 2.13. The average Bonchev–Trinajstić information content (AvgIpc) is 2.53. The quantitative estimate of drug-likeness (QED) is 0.778. The van der Waals surface area contributed by atoms with E-state index in [1.54, 1.807) is 0 Å². The van der Waals surface area contributed by atoms with Crippen LogP contribution >= 0.6 is 0 Å². The van der Waals surface area contributed by atoms with Crippen LogP contribution in [-0.2, 0) is 6.42 Å². The molecule has 100 valence electrons. The molecule has 3 rings (SSSR count). The summed E-state index contributed by atoms with van der Waals surface area (Å²) in [5, 5.41) is 2.31. The predicted molar refractivity (Wildman–Crippen MR) is 83.6 cm³/mol. The van der Waals surface area contributed by atoms with Gasteiger partial charge in [0.05, 0.1) is 11.7 Å². The van der Waals surface area contributed by atoms with Crippen LogP contribution in [-0.4, -0.2) is 4.98 Å². The van der Waals surface area contributed by atoms with Crippen LogP contribution in [0.5, 0.6) is 0 Å². The predicted octanol–water partition coefficient (Wildman–Crippen LogP) is 3.85. The van der Waals surface area contributed by atoms with Crippen LogP contribution in [0.1, 0.15) is 29.8 Å². The highest BCUT2D eigenvalue weighted by atomic mass is 14.8. The van der Waals surface area contributed by atoms with E-state index in [1.807, 2.05) is 24.4 Å². The zero-order valence-electron chi connectivity index (χ0n) is 11.6. The lowest BCUT2D eigenvalue weighted by atomic mass is 9.97. The maximum atomic E-state index is 6.44. The number of fused-ring (bicyclic) bond motifs is 1. The Morgan fingerprint density at radius 1 is 1.05 bits per heavy atom. The smallest absolute Gasteiger partial charge is 0.0732 e. The van der Waals surface area contributed by atoms with Gasteiger partial charge in [0.25, 0.3) is 0 Å². The first-order chi connectivity index (χ1) is 9.79. The van der Waals surface area contributed by atoms with Crippen molar-refractivity contribution in [3.63, 3.8) is 0 Å². The third-order valence-corrected chi connectivity index (χ3v) is 3.72. The summed E-state index contributed by atoms with van der Waals surface area (Å²) in [6, 6.07) is 18.5. The first kappa shape index (κ1) is 12.8. The molecule has 0 spiro atoms. The van der Waals surface area contributed by atoms with Gasteiger partial charge in [0.1, 0.15) is 0 Å². The van der Waals surface area contributed by atoms with Gasteiger partial charge in [0.2, 0.25) is 0 Å². The minimum absolute atomic E-state index is 0.187. The van der Waals surface area contributed by atoms with Gasteiger partial charge >= 0.3 is 0 Å². The lowest BCUT2D eigenvalue weighted by molar-refractivity contribution is 0.837.